The zero-order valence-corrected chi connectivity index (χ0v) is 7.54. The first kappa shape index (κ1) is 9.80. The van der Waals surface area contributed by atoms with E-state index in [2.05, 4.69) is 0 Å². The molecule has 0 aliphatic carbocycles. The van der Waals surface area contributed by atoms with E-state index in [9.17, 15) is 4.39 Å². The summed E-state index contributed by atoms with van der Waals surface area (Å²) in [5, 5.41) is 9.16. The summed E-state index contributed by atoms with van der Waals surface area (Å²) in [7, 11) is 1.36. The van der Waals surface area contributed by atoms with Crippen LogP contribution in [0.25, 0.3) is 0 Å². The van der Waals surface area contributed by atoms with Crippen molar-refractivity contribution in [2.24, 2.45) is 5.73 Å². The van der Waals surface area contributed by atoms with E-state index in [0.29, 0.717) is 5.56 Å². The lowest BCUT2D eigenvalue weighted by atomic mass is 10.1. The Bertz CT molecular complexity index is 313. The third-order valence-corrected chi connectivity index (χ3v) is 1.80. The molecule has 0 aromatic heterocycles. The molecule has 1 atom stereocenters. The molecular formula is C9H12FNO2. The van der Waals surface area contributed by atoms with Crippen molar-refractivity contribution in [1.82, 2.24) is 0 Å². The number of hydrogen-bond donors (Lipinski definition) is 2. The van der Waals surface area contributed by atoms with Gasteiger partial charge in [0.15, 0.2) is 17.3 Å². The minimum atomic E-state index is -0.716. The van der Waals surface area contributed by atoms with E-state index in [1.165, 1.54) is 19.2 Å². The van der Waals surface area contributed by atoms with Crippen molar-refractivity contribution in [3.8, 4) is 11.5 Å². The largest absolute Gasteiger partial charge is 0.502 e. The van der Waals surface area contributed by atoms with Gasteiger partial charge in [-0.3, -0.25) is 0 Å². The van der Waals surface area contributed by atoms with Crippen LogP contribution in [0.5, 0.6) is 11.5 Å². The maximum atomic E-state index is 13.0. The van der Waals surface area contributed by atoms with Gasteiger partial charge in [-0.15, -0.1) is 0 Å². The second kappa shape index (κ2) is 3.62. The predicted molar refractivity (Wildman–Crippen MR) is 47.2 cm³/mol. The average Bonchev–Trinajstić information content (AvgIpc) is 2.09. The highest BCUT2D eigenvalue weighted by Crippen LogP contribution is 2.31. The van der Waals surface area contributed by atoms with Gasteiger partial charge in [0.25, 0.3) is 0 Å². The first-order valence-corrected chi connectivity index (χ1v) is 3.88. The van der Waals surface area contributed by atoms with E-state index in [1.807, 2.05) is 0 Å². The van der Waals surface area contributed by atoms with Gasteiger partial charge in [-0.2, -0.15) is 0 Å². The number of nitrogens with two attached hydrogens (primary N) is 1. The summed E-state index contributed by atoms with van der Waals surface area (Å²) in [5.41, 5.74) is 6.14. The number of hydrogen-bond acceptors (Lipinski definition) is 3. The third-order valence-electron chi connectivity index (χ3n) is 1.80. The van der Waals surface area contributed by atoms with E-state index >= 15 is 0 Å². The van der Waals surface area contributed by atoms with Gasteiger partial charge in [-0.25, -0.2) is 4.39 Å². The highest BCUT2D eigenvalue weighted by Gasteiger charge is 2.11. The van der Waals surface area contributed by atoms with Gasteiger partial charge in [0, 0.05) is 6.04 Å². The molecule has 0 saturated heterocycles. The molecular weight excluding hydrogens is 173 g/mol. The first-order valence-electron chi connectivity index (χ1n) is 3.88. The number of phenols is 1. The summed E-state index contributed by atoms with van der Waals surface area (Å²) in [6.45, 7) is 1.73. The summed E-state index contributed by atoms with van der Waals surface area (Å²) >= 11 is 0. The minimum Gasteiger partial charge on any atom is -0.502 e. The zero-order valence-electron chi connectivity index (χ0n) is 7.54. The van der Waals surface area contributed by atoms with Crippen LogP contribution in [0, 0.1) is 5.82 Å². The van der Waals surface area contributed by atoms with Crippen molar-refractivity contribution in [3.63, 3.8) is 0 Å². The molecule has 0 unspecified atom stereocenters. The SMILES string of the molecule is COc1cc([C@@H](C)N)cc(F)c1O. The van der Waals surface area contributed by atoms with Crippen molar-refractivity contribution < 1.29 is 14.2 Å². The fraction of sp³-hybridized carbons (Fsp3) is 0.333. The van der Waals surface area contributed by atoms with Crippen molar-refractivity contribution >= 4 is 0 Å². The summed E-state index contributed by atoms with van der Waals surface area (Å²) in [5.74, 6) is -1.09. The molecule has 0 aliphatic rings. The van der Waals surface area contributed by atoms with Gasteiger partial charge >= 0.3 is 0 Å². The van der Waals surface area contributed by atoms with Crippen LogP contribution in [-0.2, 0) is 0 Å². The third kappa shape index (κ3) is 1.89. The highest BCUT2D eigenvalue weighted by molar-refractivity contribution is 5.43. The standard InChI is InChI=1S/C9H12FNO2/c1-5(11)6-3-7(10)9(12)8(4-6)13-2/h3-5,12H,11H2,1-2H3/t5-/m1/s1. The molecule has 1 aromatic rings. The summed E-state index contributed by atoms with van der Waals surface area (Å²) in [6, 6.07) is 2.43. The molecule has 13 heavy (non-hydrogen) atoms. The van der Waals surface area contributed by atoms with Crippen LogP contribution in [0.4, 0.5) is 4.39 Å². The van der Waals surface area contributed by atoms with Gasteiger partial charge in [-0.1, -0.05) is 0 Å². The molecule has 0 amide bonds. The Morgan fingerprint density at radius 1 is 1.54 bits per heavy atom. The molecule has 0 spiro atoms. The molecule has 0 bridgehead atoms. The Hall–Kier alpha value is -1.29. The Morgan fingerprint density at radius 2 is 2.15 bits per heavy atom. The van der Waals surface area contributed by atoms with Crippen LogP contribution in [-0.4, -0.2) is 12.2 Å². The molecule has 0 aliphatic heterocycles. The van der Waals surface area contributed by atoms with Crippen LogP contribution in [0.15, 0.2) is 12.1 Å². The van der Waals surface area contributed by atoms with E-state index in [-0.39, 0.29) is 11.8 Å². The van der Waals surface area contributed by atoms with Crippen LogP contribution in [0.1, 0.15) is 18.5 Å². The Balaban J connectivity index is 3.22. The van der Waals surface area contributed by atoms with Crippen molar-refractivity contribution in [2.75, 3.05) is 7.11 Å². The average molecular weight is 185 g/mol. The number of rotatable bonds is 2. The number of benzene rings is 1. The van der Waals surface area contributed by atoms with Crippen LogP contribution in [0.3, 0.4) is 0 Å². The second-order valence-corrected chi connectivity index (χ2v) is 2.84. The fourth-order valence-corrected chi connectivity index (χ4v) is 1.01. The summed E-state index contributed by atoms with van der Waals surface area (Å²) in [6.07, 6.45) is 0. The van der Waals surface area contributed by atoms with Gasteiger partial charge in [0.05, 0.1) is 7.11 Å². The molecule has 3 nitrogen and oxygen atoms in total. The second-order valence-electron chi connectivity index (χ2n) is 2.84. The predicted octanol–water partition coefficient (Wildman–Crippen LogP) is 1.56. The maximum Gasteiger partial charge on any atom is 0.194 e. The number of methoxy groups -OCH3 is 1. The topological polar surface area (TPSA) is 55.5 Å². The fourth-order valence-electron chi connectivity index (χ4n) is 1.01. The Kier molecular flexibility index (Phi) is 2.72. The lowest BCUT2D eigenvalue weighted by Crippen LogP contribution is -2.05. The van der Waals surface area contributed by atoms with E-state index in [4.69, 9.17) is 15.6 Å². The molecule has 1 rings (SSSR count). The van der Waals surface area contributed by atoms with Crippen molar-refractivity contribution in [3.05, 3.63) is 23.5 Å². The quantitative estimate of drug-likeness (QED) is 0.735. The Labute approximate surface area is 75.9 Å². The lowest BCUT2D eigenvalue weighted by molar-refractivity contribution is 0.356. The Morgan fingerprint density at radius 3 is 2.62 bits per heavy atom. The van der Waals surface area contributed by atoms with Crippen LogP contribution in [0.2, 0.25) is 0 Å². The maximum absolute atomic E-state index is 13.0. The number of halogens is 1. The molecule has 3 N–H and O–H groups in total. The molecule has 0 radical (unpaired) electrons. The van der Waals surface area contributed by atoms with Crippen LogP contribution >= 0.6 is 0 Å². The molecule has 0 heterocycles. The summed E-state index contributed by atoms with van der Waals surface area (Å²) < 4.78 is 17.8. The van der Waals surface area contributed by atoms with Gasteiger partial charge in [-0.05, 0) is 24.6 Å². The molecule has 0 saturated carbocycles. The first-order chi connectivity index (χ1) is 6.06. The lowest BCUT2D eigenvalue weighted by Gasteiger charge is -2.09. The molecule has 1 aromatic carbocycles. The zero-order chi connectivity index (χ0) is 10.0. The van der Waals surface area contributed by atoms with Crippen molar-refractivity contribution in [2.45, 2.75) is 13.0 Å². The van der Waals surface area contributed by atoms with Gasteiger partial charge < -0.3 is 15.6 Å². The van der Waals surface area contributed by atoms with E-state index in [0.717, 1.165) is 0 Å². The molecule has 4 heteroatoms. The normalized spacial score (nSPS) is 12.6. The van der Waals surface area contributed by atoms with Gasteiger partial charge in [0.1, 0.15) is 0 Å². The number of phenolic OH excluding ortho intramolecular Hbond substituents is 1. The number of ether oxygens (including phenoxy) is 1. The molecule has 0 fully saturated rings. The van der Waals surface area contributed by atoms with Crippen molar-refractivity contribution in [1.29, 1.82) is 0 Å². The highest BCUT2D eigenvalue weighted by atomic mass is 19.1. The summed E-state index contributed by atoms with van der Waals surface area (Å²) in [4.78, 5) is 0. The molecule has 72 valence electrons. The minimum absolute atomic E-state index is 0.104. The van der Waals surface area contributed by atoms with E-state index in [1.54, 1.807) is 6.92 Å². The van der Waals surface area contributed by atoms with Gasteiger partial charge in [0.2, 0.25) is 0 Å². The smallest absolute Gasteiger partial charge is 0.194 e. The monoisotopic (exact) mass is 185 g/mol. The number of aromatic hydroxyl groups is 1. The van der Waals surface area contributed by atoms with E-state index < -0.39 is 11.6 Å². The van der Waals surface area contributed by atoms with Crippen LogP contribution < -0.4 is 10.5 Å².